The number of hydrogen-bond donors (Lipinski definition) is 2. The van der Waals surface area contributed by atoms with Gasteiger partial charge in [0, 0.05) is 35.6 Å². The van der Waals surface area contributed by atoms with Crippen molar-refractivity contribution in [1.82, 2.24) is 4.90 Å². The van der Waals surface area contributed by atoms with E-state index in [4.69, 9.17) is 31.9 Å². The SMILES string of the molecule is NCc1ccc2c(c1)C1(CCN(C(=O)C3C=C(OCC(=O)CO)C=C(Cl)C3)CC1)CO2. The summed E-state index contributed by atoms with van der Waals surface area (Å²) in [6.45, 7) is 1.57. The van der Waals surface area contributed by atoms with Gasteiger partial charge in [-0.2, -0.15) is 0 Å². The molecule has 0 radical (unpaired) electrons. The lowest BCUT2D eigenvalue weighted by atomic mass is 9.74. The number of carbonyl (C=O) groups is 2. The summed E-state index contributed by atoms with van der Waals surface area (Å²) in [6.07, 6.45) is 5.39. The summed E-state index contributed by atoms with van der Waals surface area (Å²) >= 11 is 6.23. The molecule has 31 heavy (non-hydrogen) atoms. The number of carbonyl (C=O) groups excluding carboxylic acids is 2. The van der Waals surface area contributed by atoms with Gasteiger partial charge in [-0.05, 0) is 43.0 Å². The number of nitrogens with two attached hydrogens (primary N) is 1. The first-order valence-electron chi connectivity index (χ1n) is 10.5. The molecule has 1 aliphatic carbocycles. The Kier molecular flexibility index (Phi) is 6.36. The smallest absolute Gasteiger partial charge is 0.230 e. The Hall–Kier alpha value is -2.35. The molecule has 1 unspecified atom stereocenters. The second kappa shape index (κ2) is 9.02. The molecule has 0 bridgehead atoms. The number of likely N-dealkylation sites (tertiary alicyclic amines) is 1. The molecule has 1 spiro atoms. The zero-order chi connectivity index (χ0) is 22.0. The van der Waals surface area contributed by atoms with Crippen LogP contribution in [0.5, 0.6) is 5.75 Å². The molecule has 7 nitrogen and oxygen atoms in total. The normalized spacial score (nSPS) is 21.8. The van der Waals surface area contributed by atoms with Crippen molar-refractivity contribution in [2.24, 2.45) is 11.7 Å². The average Bonchev–Trinajstić information content (AvgIpc) is 3.14. The molecule has 4 rings (SSSR count). The number of halogens is 1. The van der Waals surface area contributed by atoms with E-state index >= 15 is 0 Å². The van der Waals surface area contributed by atoms with Crippen LogP contribution >= 0.6 is 11.6 Å². The lowest BCUT2D eigenvalue weighted by Crippen LogP contribution is -2.47. The molecule has 1 saturated heterocycles. The van der Waals surface area contributed by atoms with Crippen molar-refractivity contribution < 1.29 is 24.2 Å². The summed E-state index contributed by atoms with van der Waals surface area (Å²) in [5.74, 6) is 0.449. The first kappa shape index (κ1) is 21.9. The van der Waals surface area contributed by atoms with Gasteiger partial charge in [0.2, 0.25) is 5.91 Å². The van der Waals surface area contributed by atoms with E-state index in [1.807, 2.05) is 17.0 Å². The third kappa shape index (κ3) is 4.49. The number of ketones is 1. The predicted octanol–water partition coefficient (Wildman–Crippen LogP) is 2.00. The standard InChI is InChI=1S/C23H27ClN2O5/c24-17-8-16(9-19(10-17)30-13-18(28)12-27)22(29)26-5-3-23(4-6-26)14-31-21-2-1-15(11-25)7-20(21)23/h1-2,7,9-10,16,27H,3-6,8,11-14,25H2. The molecule has 3 N–H and O–H groups in total. The van der Waals surface area contributed by atoms with Crippen LogP contribution in [0, 0.1) is 5.92 Å². The minimum atomic E-state index is -0.581. The van der Waals surface area contributed by atoms with E-state index in [0.717, 1.165) is 24.2 Å². The number of piperidine rings is 1. The lowest BCUT2D eigenvalue weighted by molar-refractivity contribution is -0.135. The summed E-state index contributed by atoms with van der Waals surface area (Å²) in [4.78, 5) is 26.4. The molecular formula is C23H27ClN2O5. The molecular weight excluding hydrogens is 420 g/mol. The maximum absolute atomic E-state index is 13.2. The van der Waals surface area contributed by atoms with Gasteiger partial charge in [0.25, 0.3) is 0 Å². The van der Waals surface area contributed by atoms with E-state index in [1.54, 1.807) is 12.2 Å². The van der Waals surface area contributed by atoms with Crippen LogP contribution in [0.2, 0.25) is 0 Å². The molecule has 1 aromatic rings. The number of rotatable bonds is 6. The Morgan fingerprint density at radius 2 is 2.10 bits per heavy atom. The van der Waals surface area contributed by atoms with E-state index in [1.165, 1.54) is 5.56 Å². The van der Waals surface area contributed by atoms with Gasteiger partial charge in [-0.3, -0.25) is 9.59 Å². The Morgan fingerprint density at radius 3 is 2.81 bits per heavy atom. The largest absolute Gasteiger partial charge is 0.492 e. The van der Waals surface area contributed by atoms with Gasteiger partial charge >= 0.3 is 0 Å². The molecule has 0 aromatic heterocycles. The second-order valence-electron chi connectivity index (χ2n) is 8.39. The van der Waals surface area contributed by atoms with E-state index < -0.39 is 18.3 Å². The van der Waals surface area contributed by atoms with Crippen molar-refractivity contribution in [3.05, 3.63) is 52.3 Å². The van der Waals surface area contributed by atoms with E-state index in [9.17, 15) is 9.59 Å². The molecule has 0 saturated carbocycles. The van der Waals surface area contributed by atoms with Crippen molar-refractivity contribution in [2.45, 2.75) is 31.2 Å². The van der Waals surface area contributed by atoms with Crippen molar-refractivity contribution in [3.8, 4) is 5.75 Å². The average molecular weight is 447 g/mol. The van der Waals surface area contributed by atoms with Crippen LogP contribution in [0.15, 0.2) is 41.1 Å². The van der Waals surface area contributed by atoms with Crippen LogP contribution in [-0.2, 0) is 26.3 Å². The molecule has 2 aliphatic heterocycles. The topological polar surface area (TPSA) is 102 Å². The fourth-order valence-electron chi connectivity index (χ4n) is 4.53. The number of ether oxygens (including phenoxy) is 2. The van der Waals surface area contributed by atoms with Crippen LogP contribution in [0.1, 0.15) is 30.4 Å². The third-order valence-corrected chi connectivity index (χ3v) is 6.62. The van der Waals surface area contributed by atoms with Crippen molar-refractivity contribution >= 4 is 23.3 Å². The highest BCUT2D eigenvalue weighted by Crippen LogP contribution is 2.46. The number of aliphatic hydroxyl groups excluding tert-OH is 1. The molecule has 3 aliphatic rings. The monoisotopic (exact) mass is 446 g/mol. The molecule has 8 heteroatoms. The van der Waals surface area contributed by atoms with E-state index in [-0.39, 0.29) is 17.9 Å². The molecule has 1 aromatic carbocycles. The van der Waals surface area contributed by atoms with Crippen LogP contribution in [0.25, 0.3) is 0 Å². The molecule has 166 valence electrons. The molecule has 1 fully saturated rings. The van der Waals surface area contributed by atoms with Gasteiger partial charge in [-0.15, -0.1) is 0 Å². The van der Waals surface area contributed by atoms with Gasteiger partial charge in [0.15, 0.2) is 5.78 Å². The highest BCUT2D eigenvalue weighted by Gasteiger charge is 2.44. The van der Waals surface area contributed by atoms with Crippen LogP contribution in [-0.4, -0.2) is 54.6 Å². The fourth-order valence-corrected chi connectivity index (χ4v) is 4.80. The third-order valence-electron chi connectivity index (χ3n) is 6.36. The Bertz CT molecular complexity index is 934. The highest BCUT2D eigenvalue weighted by molar-refractivity contribution is 6.30. The van der Waals surface area contributed by atoms with Crippen LogP contribution < -0.4 is 10.5 Å². The van der Waals surface area contributed by atoms with Crippen LogP contribution in [0.3, 0.4) is 0 Å². The number of aliphatic hydroxyl groups is 1. The second-order valence-corrected chi connectivity index (χ2v) is 8.87. The van der Waals surface area contributed by atoms with E-state index in [0.29, 0.717) is 43.5 Å². The fraction of sp³-hybridized carbons (Fsp3) is 0.478. The number of allylic oxidation sites excluding steroid dienone is 2. The Balaban J connectivity index is 1.42. The van der Waals surface area contributed by atoms with Gasteiger partial charge in [0.05, 0.1) is 12.5 Å². The molecule has 2 heterocycles. The zero-order valence-corrected chi connectivity index (χ0v) is 18.1. The van der Waals surface area contributed by atoms with Gasteiger partial charge in [0.1, 0.15) is 24.7 Å². The van der Waals surface area contributed by atoms with Crippen molar-refractivity contribution in [1.29, 1.82) is 0 Å². The quantitative estimate of drug-likeness (QED) is 0.693. The summed E-state index contributed by atoms with van der Waals surface area (Å²) in [7, 11) is 0. The number of Topliss-reactive ketones (excluding diaryl/α,β-unsaturated/α-hetero) is 1. The van der Waals surface area contributed by atoms with E-state index in [2.05, 4.69) is 6.07 Å². The van der Waals surface area contributed by atoms with Crippen molar-refractivity contribution in [2.75, 3.05) is 32.9 Å². The Morgan fingerprint density at radius 1 is 1.32 bits per heavy atom. The summed E-state index contributed by atoms with van der Waals surface area (Å²) < 4.78 is 11.4. The molecule has 1 amide bonds. The molecule has 1 atom stereocenters. The first-order chi connectivity index (χ1) is 14.9. The summed E-state index contributed by atoms with van der Waals surface area (Å²) in [6, 6.07) is 6.14. The Labute approximate surface area is 186 Å². The number of hydrogen-bond acceptors (Lipinski definition) is 6. The minimum Gasteiger partial charge on any atom is -0.492 e. The van der Waals surface area contributed by atoms with Gasteiger partial charge in [-0.25, -0.2) is 0 Å². The predicted molar refractivity (Wildman–Crippen MR) is 115 cm³/mol. The highest BCUT2D eigenvalue weighted by atomic mass is 35.5. The van der Waals surface area contributed by atoms with Crippen LogP contribution in [0.4, 0.5) is 0 Å². The summed E-state index contributed by atoms with van der Waals surface area (Å²) in [5, 5.41) is 9.35. The number of fused-ring (bicyclic) bond motifs is 2. The van der Waals surface area contributed by atoms with Gasteiger partial charge < -0.3 is 25.2 Å². The number of benzene rings is 1. The zero-order valence-electron chi connectivity index (χ0n) is 17.3. The maximum Gasteiger partial charge on any atom is 0.230 e. The summed E-state index contributed by atoms with van der Waals surface area (Å²) in [5.41, 5.74) is 8.04. The van der Waals surface area contributed by atoms with Crippen molar-refractivity contribution in [3.63, 3.8) is 0 Å². The number of nitrogens with zero attached hydrogens (tertiary/aromatic N) is 1. The minimum absolute atomic E-state index is 0.00512. The van der Waals surface area contributed by atoms with Gasteiger partial charge in [-0.1, -0.05) is 23.7 Å². The maximum atomic E-state index is 13.2. The first-order valence-corrected chi connectivity index (χ1v) is 10.9. The lowest BCUT2D eigenvalue weighted by Gasteiger charge is -2.39. The number of amides is 1.